The first-order valence-electron chi connectivity index (χ1n) is 33.5. The zero-order valence-electron chi connectivity index (χ0n) is 62.3. The van der Waals surface area contributed by atoms with Crippen molar-refractivity contribution in [2.24, 2.45) is 0 Å². The number of halogens is 4. The molecule has 0 radical (unpaired) electrons. The van der Waals surface area contributed by atoms with Crippen molar-refractivity contribution in [1.82, 2.24) is 0 Å². The molecule has 0 aliphatic rings. The van der Waals surface area contributed by atoms with Gasteiger partial charge >= 0.3 is 0 Å². The molecule has 18 nitrogen and oxygen atoms in total. The maximum absolute atomic E-state index is 10.5. The number of carbonyl (C=O) groups excluding carboxylic acids is 4. The number of carbonyl (C=O) groups is 4. The molecule has 0 bridgehead atoms. The minimum Gasteiger partial charge on any atom is -0.907 e. The summed E-state index contributed by atoms with van der Waals surface area (Å²) in [5.74, 6) is -6.65. The van der Waals surface area contributed by atoms with Gasteiger partial charge in [-0.3, -0.25) is 7.32 Å². The maximum Gasteiger partial charge on any atom is 0.129 e. The number of carboxylic acids is 4. The summed E-state index contributed by atoms with van der Waals surface area (Å²) in [6, 6.07) is 0. The zero-order chi connectivity index (χ0) is 72.0. The van der Waals surface area contributed by atoms with Gasteiger partial charge in [0.05, 0.1) is 207 Å². The third kappa shape index (κ3) is 69.0. The number of hydrogen-bond donors (Lipinski definition) is 0. The fourth-order valence-electron chi connectivity index (χ4n) is 9.39. The van der Waals surface area contributed by atoms with Crippen LogP contribution in [0.2, 0.25) is 0 Å². The molecule has 87 heavy (non-hydrogen) atoms. The molecule has 0 unspecified atom stereocenters. The average molecular weight is 1280 g/mol. The summed E-state index contributed by atoms with van der Waals surface area (Å²) in [4.78, 5) is 35.5. The van der Waals surface area contributed by atoms with Gasteiger partial charge in [-0.15, -0.1) is 0 Å². The predicted molar refractivity (Wildman–Crippen MR) is 347 cm³/mol. The van der Waals surface area contributed by atoms with Gasteiger partial charge in [-0.05, 0) is 194 Å². The highest BCUT2D eigenvalue weighted by Gasteiger charge is 2.20. The van der Waals surface area contributed by atoms with E-state index in [9.17, 15) is 17.6 Å². The lowest BCUT2D eigenvalue weighted by Gasteiger charge is -2.35. The molecule has 0 aromatic rings. The van der Waals surface area contributed by atoms with Gasteiger partial charge in [0.1, 0.15) is 26.7 Å². The SMILES string of the molecule is CC[N+](CC)(CC)CC.CC[N+](CC)(CC)CC.CC[N+](CC)(CC)CC.CC[N+](CC)(CC)CC.CC[N+](CC)(CC)CC.CC[N+](CC)(CC)CC.CC[N+](CC)(CC)CC.O=C([O-])CF.O=C([O-])CF.O=C([O-])CF.O=C([O-])CF.[O-]B([O-])[O-]. The molecule has 0 aliphatic heterocycles. The lowest BCUT2D eigenvalue weighted by atomic mass is 10.3. The van der Waals surface area contributed by atoms with Crippen LogP contribution in [0.4, 0.5) is 17.6 Å². The lowest BCUT2D eigenvalue weighted by Crippen LogP contribution is -2.56. The molecule has 0 spiro atoms. The van der Waals surface area contributed by atoms with Gasteiger partial charge < -0.3 is 86.1 Å². The Hall–Kier alpha value is -2.74. The van der Waals surface area contributed by atoms with Gasteiger partial charge in [0.15, 0.2) is 0 Å². The van der Waals surface area contributed by atoms with Crippen molar-refractivity contribution in [3.63, 3.8) is 0 Å². The second kappa shape index (κ2) is 75.7. The number of alkyl halides is 4. The van der Waals surface area contributed by atoms with Crippen molar-refractivity contribution in [2.75, 3.05) is 210 Å². The number of rotatable bonds is 32. The summed E-state index contributed by atoms with van der Waals surface area (Å²) in [5, 5.41) is 60.8. The third-order valence-corrected chi connectivity index (χ3v) is 19.2. The summed E-state index contributed by atoms with van der Waals surface area (Å²) >= 11 is 0. The summed E-state index contributed by atoms with van der Waals surface area (Å²) in [6.45, 7) is 94.0. The molecular formula is C64H148BF4N7O11. The molecule has 0 N–H and O–H groups in total. The Morgan fingerprint density at radius 1 is 0.207 bits per heavy atom. The van der Waals surface area contributed by atoms with Crippen molar-refractivity contribution >= 4 is 31.2 Å². The first-order valence-corrected chi connectivity index (χ1v) is 33.5. The van der Waals surface area contributed by atoms with Crippen LogP contribution in [0.15, 0.2) is 0 Å². The van der Waals surface area contributed by atoms with E-state index in [0.717, 1.165) is 0 Å². The molecule has 0 rings (SSSR count). The molecule has 0 aromatic heterocycles. The van der Waals surface area contributed by atoms with Crippen molar-refractivity contribution in [3.8, 4) is 0 Å². The molecule has 0 heterocycles. The van der Waals surface area contributed by atoms with Gasteiger partial charge in [-0.2, -0.15) is 0 Å². The Labute approximate surface area is 536 Å². The number of hydrogen-bond acceptors (Lipinski definition) is 11. The molecule has 0 saturated heterocycles. The molecule has 0 atom stereocenters. The summed E-state index contributed by atoms with van der Waals surface area (Å²) < 4.78 is 50.8. The first-order chi connectivity index (χ1) is 40.5. The van der Waals surface area contributed by atoms with Crippen LogP contribution in [0.1, 0.15) is 194 Å². The summed E-state index contributed by atoms with van der Waals surface area (Å²) in [5.41, 5.74) is 0. The van der Waals surface area contributed by atoms with Gasteiger partial charge in [-0.25, -0.2) is 17.6 Å². The Morgan fingerprint density at radius 3 is 0.241 bits per heavy atom. The third-order valence-electron chi connectivity index (χ3n) is 19.2. The van der Waals surface area contributed by atoms with E-state index < -0.39 is 57.9 Å². The van der Waals surface area contributed by atoms with E-state index in [2.05, 4.69) is 194 Å². The van der Waals surface area contributed by atoms with Crippen LogP contribution in [-0.2, 0) is 19.2 Å². The smallest absolute Gasteiger partial charge is 0.129 e. The molecule has 0 saturated carbocycles. The highest BCUT2D eigenvalue weighted by atomic mass is 19.1. The first kappa shape index (κ1) is 112. The van der Waals surface area contributed by atoms with E-state index in [0.29, 0.717) is 0 Å². The van der Waals surface area contributed by atoms with Gasteiger partial charge in [0.2, 0.25) is 0 Å². The van der Waals surface area contributed by atoms with Crippen molar-refractivity contribution in [2.45, 2.75) is 194 Å². The average Bonchev–Trinajstić information content (AvgIpc) is 3.57. The zero-order valence-corrected chi connectivity index (χ0v) is 62.3. The second-order valence-electron chi connectivity index (χ2n) is 20.6. The standard InChI is InChI=1S/7C8H20N.4C2H3FO2.BO3/c7*1-5-9(6-2,7-3)8-4;4*3-1-2(4)5;2-1(3)4/h7*5-8H2,1-4H3;4*1H2,(H,4,5);/q7*+1;;;;;-3/p-4. The largest absolute Gasteiger partial charge is 0.907 e. The Balaban J connectivity index is -0.0000000712. The molecule has 0 aliphatic carbocycles. The highest BCUT2D eigenvalue weighted by molar-refractivity contribution is 6.24. The number of nitrogens with zero attached hydrogens (tertiary/aromatic N) is 7. The fourth-order valence-corrected chi connectivity index (χ4v) is 9.39. The Bertz CT molecular complexity index is 1020. The Kier molecular flexibility index (Phi) is 97.4. The molecule has 0 fully saturated rings. The van der Waals surface area contributed by atoms with Crippen LogP contribution < -0.4 is 35.5 Å². The molecule has 0 aromatic carbocycles. The van der Waals surface area contributed by atoms with Crippen LogP contribution in [0.25, 0.3) is 0 Å². The fraction of sp³-hybridized carbons (Fsp3) is 0.938. The molecular weight excluding hydrogens is 1130 g/mol. The summed E-state index contributed by atoms with van der Waals surface area (Å²) in [6.07, 6.45) is 0. The van der Waals surface area contributed by atoms with Gasteiger partial charge in [0.25, 0.3) is 0 Å². The second-order valence-corrected chi connectivity index (χ2v) is 20.6. The Morgan fingerprint density at radius 2 is 0.241 bits per heavy atom. The van der Waals surface area contributed by atoms with E-state index in [-0.39, 0.29) is 0 Å². The van der Waals surface area contributed by atoms with E-state index in [4.69, 9.17) is 54.7 Å². The van der Waals surface area contributed by atoms with Crippen molar-refractivity contribution in [3.05, 3.63) is 0 Å². The minimum atomic E-state index is -2.92. The van der Waals surface area contributed by atoms with Crippen LogP contribution in [0.3, 0.4) is 0 Å². The minimum absolute atomic E-state index is 1.28. The van der Waals surface area contributed by atoms with E-state index in [1.807, 2.05) is 0 Å². The van der Waals surface area contributed by atoms with Crippen LogP contribution in [0, 0.1) is 0 Å². The quantitative estimate of drug-likeness (QED) is 0.0530. The van der Waals surface area contributed by atoms with Gasteiger partial charge in [-0.1, -0.05) is 0 Å². The van der Waals surface area contributed by atoms with E-state index >= 15 is 0 Å². The van der Waals surface area contributed by atoms with E-state index in [1.54, 1.807) is 0 Å². The van der Waals surface area contributed by atoms with Crippen LogP contribution in [-0.4, -0.2) is 273 Å². The van der Waals surface area contributed by atoms with Crippen LogP contribution >= 0.6 is 0 Å². The number of carboxylic acid groups (broad SMARTS) is 4. The topological polar surface area (TPSA) is 230 Å². The maximum atomic E-state index is 10.5. The normalized spacial score (nSPS) is 10.7. The molecule has 536 valence electrons. The van der Waals surface area contributed by atoms with Crippen LogP contribution in [0.5, 0.6) is 0 Å². The molecule has 0 amide bonds. The lowest BCUT2D eigenvalue weighted by molar-refractivity contribution is -0.921. The van der Waals surface area contributed by atoms with Crippen molar-refractivity contribution in [1.29, 1.82) is 0 Å². The van der Waals surface area contributed by atoms with E-state index in [1.165, 1.54) is 215 Å². The number of aliphatic carboxylic acids is 4. The van der Waals surface area contributed by atoms with Crippen molar-refractivity contribution < 1.29 is 104 Å². The monoisotopic (exact) mass is 1280 g/mol. The van der Waals surface area contributed by atoms with Gasteiger partial charge in [0, 0.05) is 0 Å². The summed E-state index contributed by atoms with van der Waals surface area (Å²) in [7, 11) is -2.92. The molecule has 23 heteroatoms. The number of quaternary nitrogens is 7. The highest BCUT2D eigenvalue weighted by Crippen LogP contribution is 2.07. The predicted octanol–water partition coefficient (Wildman–Crippen LogP) is 4.05.